The Bertz CT molecular complexity index is 555. The van der Waals surface area contributed by atoms with Crippen molar-refractivity contribution in [2.45, 2.75) is 19.4 Å². The molecule has 0 fully saturated rings. The first-order valence-corrected chi connectivity index (χ1v) is 7.18. The zero-order valence-corrected chi connectivity index (χ0v) is 12.8. The molecule has 0 spiro atoms. The quantitative estimate of drug-likeness (QED) is 0.813. The van der Waals surface area contributed by atoms with Crippen LogP contribution in [0.4, 0.5) is 0 Å². The molecule has 1 N–H and O–H groups in total. The van der Waals surface area contributed by atoms with Gasteiger partial charge in [0.1, 0.15) is 11.5 Å². The fraction of sp³-hybridized carbons (Fsp3) is 0.200. The van der Waals surface area contributed by atoms with E-state index in [1.54, 1.807) is 12.1 Å². The van der Waals surface area contributed by atoms with E-state index < -0.39 is 6.10 Å². The number of rotatable bonds is 4. The van der Waals surface area contributed by atoms with E-state index in [-0.39, 0.29) is 0 Å². The molecule has 1 atom stereocenters. The maximum absolute atomic E-state index is 9.72. The lowest BCUT2D eigenvalue weighted by Gasteiger charge is -2.11. The third kappa shape index (κ3) is 3.72. The van der Waals surface area contributed by atoms with Crippen molar-refractivity contribution in [2.24, 2.45) is 0 Å². The predicted molar refractivity (Wildman–Crippen MR) is 80.9 cm³/mol. The third-order valence-corrected chi connectivity index (χ3v) is 3.56. The molecule has 0 aliphatic rings. The van der Waals surface area contributed by atoms with E-state index in [0.717, 1.165) is 10.0 Å². The summed E-state index contributed by atoms with van der Waals surface area (Å²) in [5.41, 5.74) is 0.886. The topological polar surface area (TPSA) is 29.5 Å². The molecule has 2 nitrogen and oxygen atoms in total. The first-order valence-electron chi connectivity index (χ1n) is 6.01. The highest BCUT2D eigenvalue weighted by Gasteiger charge is 2.06. The lowest BCUT2D eigenvalue weighted by Crippen LogP contribution is -1.94. The molecular formula is C15H14BrClO2. The van der Waals surface area contributed by atoms with Crippen LogP contribution in [0.25, 0.3) is 0 Å². The Morgan fingerprint density at radius 2 is 1.89 bits per heavy atom. The molecular weight excluding hydrogens is 328 g/mol. The molecule has 0 radical (unpaired) electrons. The smallest absolute Gasteiger partial charge is 0.146 e. The van der Waals surface area contributed by atoms with Crippen LogP contribution in [0.2, 0.25) is 5.02 Å². The molecule has 4 heteroatoms. The minimum Gasteiger partial charge on any atom is -0.456 e. The molecule has 2 aromatic carbocycles. The fourth-order valence-corrected chi connectivity index (χ4v) is 2.39. The van der Waals surface area contributed by atoms with Gasteiger partial charge in [0.25, 0.3) is 0 Å². The summed E-state index contributed by atoms with van der Waals surface area (Å²) in [6.45, 7) is 1.94. The van der Waals surface area contributed by atoms with Crippen LogP contribution in [0.15, 0.2) is 46.9 Å². The SMILES string of the molecule is CC[C@@H](O)c1ccc(Oc2ccc(Br)cc2Cl)cc1. The van der Waals surface area contributed by atoms with Gasteiger partial charge in [-0.2, -0.15) is 0 Å². The van der Waals surface area contributed by atoms with Gasteiger partial charge in [0, 0.05) is 4.47 Å². The molecule has 0 aliphatic carbocycles. The summed E-state index contributed by atoms with van der Waals surface area (Å²) in [5.74, 6) is 1.30. The maximum Gasteiger partial charge on any atom is 0.146 e. The standard InChI is InChI=1S/C15H14BrClO2/c1-2-14(18)10-3-6-12(7-4-10)19-15-8-5-11(16)9-13(15)17/h3-9,14,18H,2H2,1H3/t14-/m1/s1. The molecule has 0 amide bonds. The van der Waals surface area contributed by atoms with Gasteiger partial charge in [0.05, 0.1) is 11.1 Å². The minimum absolute atomic E-state index is 0.426. The van der Waals surface area contributed by atoms with Crippen molar-refractivity contribution in [1.82, 2.24) is 0 Å². The lowest BCUT2D eigenvalue weighted by atomic mass is 10.1. The number of halogens is 2. The van der Waals surface area contributed by atoms with Crippen molar-refractivity contribution in [1.29, 1.82) is 0 Å². The highest BCUT2D eigenvalue weighted by atomic mass is 79.9. The van der Waals surface area contributed by atoms with Crippen LogP contribution in [0.1, 0.15) is 25.0 Å². The molecule has 0 aromatic heterocycles. The van der Waals surface area contributed by atoms with Crippen molar-refractivity contribution in [3.63, 3.8) is 0 Å². The zero-order valence-electron chi connectivity index (χ0n) is 10.4. The summed E-state index contributed by atoms with van der Waals surface area (Å²) in [5, 5.41) is 10.3. The van der Waals surface area contributed by atoms with Crippen LogP contribution in [-0.4, -0.2) is 5.11 Å². The van der Waals surface area contributed by atoms with Crippen LogP contribution in [0.3, 0.4) is 0 Å². The second-order valence-corrected chi connectivity index (χ2v) is 5.49. The minimum atomic E-state index is -0.426. The van der Waals surface area contributed by atoms with Crippen LogP contribution in [0, 0.1) is 0 Å². The summed E-state index contributed by atoms with van der Waals surface area (Å²) >= 11 is 9.44. The Balaban J connectivity index is 2.15. The average molecular weight is 342 g/mol. The molecule has 0 bridgehead atoms. The van der Waals surface area contributed by atoms with E-state index in [1.165, 1.54) is 0 Å². The van der Waals surface area contributed by atoms with E-state index in [9.17, 15) is 5.11 Å². The van der Waals surface area contributed by atoms with Gasteiger partial charge < -0.3 is 9.84 Å². The Hall–Kier alpha value is -1.03. The number of ether oxygens (including phenoxy) is 1. The molecule has 0 unspecified atom stereocenters. The second kappa shape index (κ2) is 6.42. The number of aliphatic hydroxyl groups excluding tert-OH is 1. The molecule has 2 rings (SSSR count). The normalized spacial score (nSPS) is 12.2. The first kappa shape index (κ1) is 14.4. The van der Waals surface area contributed by atoms with Gasteiger partial charge in [0.2, 0.25) is 0 Å². The first-order chi connectivity index (χ1) is 9.10. The molecule has 0 saturated heterocycles. The summed E-state index contributed by atoms with van der Waals surface area (Å²) in [6.07, 6.45) is 0.268. The van der Waals surface area contributed by atoms with Crippen molar-refractivity contribution < 1.29 is 9.84 Å². The second-order valence-electron chi connectivity index (χ2n) is 4.17. The van der Waals surface area contributed by atoms with Gasteiger partial charge >= 0.3 is 0 Å². The van der Waals surface area contributed by atoms with Crippen LogP contribution in [0.5, 0.6) is 11.5 Å². The number of aliphatic hydroxyl groups is 1. The molecule has 19 heavy (non-hydrogen) atoms. The van der Waals surface area contributed by atoms with Gasteiger partial charge in [-0.15, -0.1) is 0 Å². The molecule has 0 aliphatic heterocycles. The highest BCUT2D eigenvalue weighted by molar-refractivity contribution is 9.10. The van der Waals surface area contributed by atoms with Gasteiger partial charge in [-0.3, -0.25) is 0 Å². The van der Waals surface area contributed by atoms with Gasteiger partial charge in [-0.05, 0) is 42.3 Å². The van der Waals surface area contributed by atoms with E-state index >= 15 is 0 Å². The van der Waals surface area contributed by atoms with E-state index in [4.69, 9.17) is 16.3 Å². The summed E-state index contributed by atoms with van der Waals surface area (Å²) in [4.78, 5) is 0. The van der Waals surface area contributed by atoms with E-state index in [0.29, 0.717) is 22.9 Å². The molecule has 0 heterocycles. The van der Waals surface area contributed by atoms with Crippen molar-refractivity contribution in [3.05, 3.63) is 57.5 Å². The van der Waals surface area contributed by atoms with Crippen LogP contribution < -0.4 is 4.74 Å². The summed E-state index contributed by atoms with van der Waals surface area (Å²) in [7, 11) is 0. The Kier molecular flexibility index (Phi) is 4.86. The summed E-state index contributed by atoms with van der Waals surface area (Å²) < 4.78 is 6.61. The monoisotopic (exact) mass is 340 g/mol. The third-order valence-electron chi connectivity index (χ3n) is 2.77. The number of hydrogen-bond donors (Lipinski definition) is 1. The molecule has 100 valence electrons. The average Bonchev–Trinajstić information content (AvgIpc) is 2.42. The summed E-state index contributed by atoms with van der Waals surface area (Å²) in [6, 6.07) is 12.8. The van der Waals surface area contributed by atoms with Crippen molar-refractivity contribution >= 4 is 27.5 Å². The predicted octanol–water partition coefficient (Wildman–Crippen LogP) is 5.34. The van der Waals surface area contributed by atoms with Crippen LogP contribution >= 0.6 is 27.5 Å². The van der Waals surface area contributed by atoms with Crippen molar-refractivity contribution in [3.8, 4) is 11.5 Å². The largest absolute Gasteiger partial charge is 0.456 e. The Morgan fingerprint density at radius 1 is 1.21 bits per heavy atom. The van der Waals surface area contributed by atoms with Gasteiger partial charge in [-0.1, -0.05) is 46.6 Å². The Labute approximate surface area is 126 Å². The van der Waals surface area contributed by atoms with E-state index in [2.05, 4.69) is 15.9 Å². The lowest BCUT2D eigenvalue weighted by molar-refractivity contribution is 0.173. The number of benzene rings is 2. The zero-order chi connectivity index (χ0) is 13.8. The van der Waals surface area contributed by atoms with Gasteiger partial charge in [0.15, 0.2) is 0 Å². The maximum atomic E-state index is 9.72. The Morgan fingerprint density at radius 3 is 2.47 bits per heavy atom. The van der Waals surface area contributed by atoms with E-state index in [1.807, 2.05) is 37.3 Å². The van der Waals surface area contributed by atoms with Crippen molar-refractivity contribution in [2.75, 3.05) is 0 Å². The molecule has 0 saturated carbocycles. The van der Waals surface area contributed by atoms with Crippen LogP contribution in [-0.2, 0) is 0 Å². The van der Waals surface area contributed by atoms with Gasteiger partial charge in [-0.25, -0.2) is 0 Å². The fourth-order valence-electron chi connectivity index (χ4n) is 1.68. The highest BCUT2D eigenvalue weighted by Crippen LogP contribution is 2.32. The molecule has 2 aromatic rings. The number of hydrogen-bond acceptors (Lipinski definition) is 2.